The van der Waals surface area contributed by atoms with Gasteiger partial charge in [0.2, 0.25) is 5.89 Å². The van der Waals surface area contributed by atoms with Crippen LogP contribution >= 0.6 is 0 Å². The number of alkyl halides is 2. The van der Waals surface area contributed by atoms with Gasteiger partial charge in [0.15, 0.2) is 11.5 Å². The minimum absolute atomic E-state index is 0.0390. The highest BCUT2D eigenvalue weighted by molar-refractivity contribution is 5.93. The van der Waals surface area contributed by atoms with Crippen LogP contribution in [0.1, 0.15) is 22.1 Å². The molecular formula is C18H17F2N5O3. The second-order valence-corrected chi connectivity index (χ2v) is 6.44. The van der Waals surface area contributed by atoms with Crippen molar-refractivity contribution < 1.29 is 18.0 Å². The Labute approximate surface area is 158 Å². The Balaban J connectivity index is 1.57. The van der Waals surface area contributed by atoms with Crippen molar-refractivity contribution in [3.63, 3.8) is 0 Å². The van der Waals surface area contributed by atoms with Crippen molar-refractivity contribution in [3.8, 4) is 11.5 Å². The van der Waals surface area contributed by atoms with Gasteiger partial charge in [0, 0.05) is 18.7 Å². The summed E-state index contributed by atoms with van der Waals surface area (Å²) in [7, 11) is 0. The van der Waals surface area contributed by atoms with Crippen molar-refractivity contribution in [1.29, 1.82) is 0 Å². The number of amides is 1. The molecular weight excluding hydrogens is 372 g/mol. The number of fused-ring (bicyclic) bond motifs is 1. The number of halogens is 2. The van der Waals surface area contributed by atoms with Gasteiger partial charge >= 0.3 is 5.69 Å². The summed E-state index contributed by atoms with van der Waals surface area (Å²) in [5, 5.41) is 3.94. The van der Waals surface area contributed by atoms with Crippen LogP contribution in [0.15, 0.2) is 39.5 Å². The molecule has 8 nitrogen and oxygen atoms in total. The fourth-order valence-corrected chi connectivity index (χ4v) is 3.17. The monoisotopic (exact) mass is 389 g/mol. The number of aryl methyl sites for hydroxylation is 1. The first-order valence-electron chi connectivity index (χ1n) is 8.71. The molecule has 3 heterocycles. The number of nitrogens with zero attached hydrogens (tertiary/aromatic N) is 5. The van der Waals surface area contributed by atoms with Gasteiger partial charge in [-0.3, -0.25) is 9.36 Å². The van der Waals surface area contributed by atoms with Crippen LogP contribution < -0.4 is 5.69 Å². The average Bonchev–Trinajstić information content (AvgIpc) is 3.21. The quantitative estimate of drug-likeness (QED) is 0.681. The number of benzene rings is 1. The summed E-state index contributed by atoms with van der Waals surface area (Å²) in [6.07, 6.45) is -2.68. The van der Waals surface area contributed by atoms with Crippen molar-refractivity contribution >= 4 is 5.91 Å². The maximum absolute atomic E-state index is 12.9. The van der Waals surface area contributed by atoms with Gasteiger partial charge < -0.3 is 9.32 Å². The Hall–Kier alpha value is -3.30. The van der Waals surface area contributed by atoms with Gasteiger partial charge in [-0.15, -0.1) is 0 Å². The number of aromatic nitrogens is 4. The molecule has 0 saturated heterocycles. The van der Waals surface area contributed by atoms with Gasteiger partial charge in [-0.25, -0.2) is 23.2 Å². The largest absolute Gasteiger partial charge is 0.441 e. The smallest absolute Gasteiger partial charge is 0.346 e. The molecule has 2 aromatic heterocycles. The van der Waals surface area contributed by atoms with Crippen LogP contribution in [-0.4, -0.2) is 43.1 Å². The lowest BCUT2D eigenvalue weighted by molar-refractivity contribution is 0.0699. The molecule has 10 heteroatoms. The maximum Gasteiger partial charge on any atom is 0.346 e. The maximum atomic E-state index is 12.9. The number of rotatable bonds is 4. The van der Waals surface area contributed by atoms with Crippen LogP contribution in [0.2, 0.25) is 0 Å². The number of oxazole rings is 1. The average molecular weight is 389 g/mol. The van der Waals surface area contributed by atoms with Crippen molar-refractivity contribution in [3.05, 3.63) is 58.1 Å². The molecule has 4 rings (SSSR count). The molecule has 0 spiro atoms. The highest BCUT2D eigenvalue weighted by atomic mass is 19.3. The van der Waals surface area contributed by atoms with Gasteiger partial charge in [-0.1, -0.05) is 18.2 Å². The van der Waals surface area contributed by atoms with E-state index >= 15 is 0 Å². The Morgan fingerprint density at radius 3 is 2.71 bits per heavy atom. The van der Waals surface area contributed by atoms with E-state index in [4.69, 9.17) is 4.42 Å². The van der Waals surface area contributed by atoms with E-state index < -0.39 is 18.7 Å². The van der Waals surface area contributed by atoms with Crippen LogP contribution in [-0.2, 0) is 19.6 Å². The van der Waals surface area contributed by atoms with E-state index in [0.29, 0.717) is 11.7 Å². The lowest BCUT2D eigenvalue weighted by Crippen LogP contribution is -2.41. The molecule has 0 bridgehead atoms. The molecule has 3 aromatic rings. The van der Waals surface area contributed by atoms with E-state index in [1.165, 1.54) is 9.47 Å². The van der Waals surface area contributed by atoms with Gasteiger partial charge in [0.25, 0.3) is 12.3 Å². The van der Waals surface area contributed by atoms with Crippen LogP contribution in [0.4, 0.5) is 8.78 Å². The van der Waals surface area contributed by atoms with Crippen molar-refractivity contribution in [2.45, 2.75) is 33.0 Å². The third-order valence-corrected chi connectivity index (χ3v) is 4.54. The zero-order valence-electron chi connectivity index (χ0n) is 15.0. The molecule has 0 atom stereocenters. The van der Waals surface area contributed by atoms with E-state index in [0.717, 1.165) is 10.2 Å². The minimum Gasteiger partial charge on any atom is -0.441 e. The molecule has 0 aliphatic carbocycles. The summed E-state index contributed by atoms with van der Waals surface area (Å²) in [5.41, 5.74) is 0.343. The fourth-order valence-electron chi connectivity index (χ4n) is 3.17. The zero-order valence-corrected chi connectivity index (χ0v) is 15.0. The standard InChI is InChI=1S/C18H17F2N5O3/c1-11-15(21-16(28-11)12-5-3-2-4-6-12)17(26)23-7-8-24-14(10-23)22-25(18(24)27)9-13(19)20/h2-6,13H,7-10H2,1H3. The van der Waals surface area contributed by atoms with Gasteiger partial charge in [-0.2, -0.15) is 5.10 Å². The lowest BCUT2D eigenvalue weighted by atomic mass is 10.2. The molecule has 0 saturated carbocycles. The SMILES string of the molecule is Cc1oc(-c2ccccc2)nc1C(=O)N1CCn2c(nn(CC(F)F)c2=O)C1. The molecule has 28 heavy (non-hydrogen) atoms. The summed E-state index contributed by atoms with van der Waals surface area (Å²) >= 11 is 0. The first-order chi connectivity index (χ1) is 13.4. The van der Waals surface area contributed by atoms with Gasteiger partial charge in [0.1, 0.15) is 12.3 Å². The zero-order chi connectivity index (χ0) is 19.8. The molecule has 1 aliphatic heterocycles. The predicted molar refractivity (Wildman–Crippen MR) is 93.9 cm³/mol. The third kappa shape index (κ3) is 3.21. The highest BCUT2D eigenvalue weighted by Gasteiger charge is 2.29. The fraction of sp³-hybridized carbons (Fsp3) is 0.333. The van der Waals surface area contributed by atoms with Crippen LogP contribution in [0.3, 0.4) is 0 Å². The summed E-state index contributed by atoms with van der Waals surface area (Å²) < 4.78 is 32.9. The predicted octanol–water partition coefficient (Wildman–Crippen LogP) is 1.93. The van der Waals surface area contributed by atoms with E-state index in [2.05, 4.69) is 10.1 Å². The van der Waals surface area contributed by atoms with Crippen molar-refractivity contribution in [2.24, 2.45) is 0 Å². The molecule has 0 fully saturated rings. The first kappa shape index (κ1) is 18.1. The molecule has 0 N–H and O–H groups in total. The van der Waals surface area contributed by atoms with E-state index in [9.17, 15) is 18.4 Å². The number of hydrogen-bond donors (Lipinski definition) is 0. The summed E-state index contributed by atoms with van der Waals surface area (Å²) in [5.74, 6) is 0.645. The molecule has 1 amide bonds. The highest BCUT2D eigenvalue weighted by Crippen LogP contribution is 2.23. The van der Waals surface area contributed by atoms with Crippen LogP contribution in [0.5, 0.6) is 0 Å². The first-order valence-corrected chi connectivity index (χ1v) is 8.71. The summed E-state index contributed by atoms with van der Waals surface area (Å²) in [6, 6.07) is 9.21. The Morgan fingerprint density at radius 2 is 2.00 bits per heavy atom. The second kappa shape index (κ2) is 7.02. The van der Waals surface area contributed by atoms with Crippen molar-refractivity contribution in [2.75, 3.05) is 6.54 Å². The van der Waals surface area contributed by atoms with Crippen LogP contribution in [0, 0.1) is 6.92 Å². The normalized spacial score (nSPS) is 13.8. The van der Waals surface area contributed by atoms with Gasteiger partial charge in [0.05, 0.1) is 6.54 Å². The van der Waals surface area contributed by atoms with Crippen LogP contribution in [0.25, 0.3) is 11.5 Å². The lowest BCUT2D eigenvalue weighted by Gasteiger charge is -2.25. The Bertz CT molecular complexity index is 1070. The summed E-state index contributed by atoms with van der Waals surface area (Å²) in [6.45, 7) is 1.36. The minimum atomic E-state index is -2.68. The Kier molecular flexibility index (Phi) is 4.54. The number of carbonyl (C=O) groups excluding carboxylic acids is 1. The number of carbonyl (C=O) groups is 1. The second-order valence-electron chi connectivity index (χ2n) is 6.44. The van der Waals surface area contributed by atoms with E-state index in [1.807, 2.05) is 30.3 Å². The molecule has 0 radical (unpaired) electrons. The summed E-state index contributed by atoms with van der Waals surface area (Å²) in [4.78, 5) is 30.8. The van der Waals surface area contributed by atoms with E-state index in [1.54, 1.807) is 6.92 Å². The molecule has 146 valence electrons. The number of hydrogen-bond acceptors (Lipinski definition) is 5. The van der Waals surface area contributed by atoms with E-state index in [-0.39, 0.29) is 37.1 Å². The molecule has 1 aromatic carbocycles. The molecule has 0 unspecified atom stereocenters. The third-order valence-electron chi connectivity index (χ3n) is 4.54. The Morgan fingerprint density at radius 1 is 1.25 bits per heavy atom. The van der Waals surface area contributed by atoms with Crippen molar-refractivity contribution in [1.82, 2.24) is 24.2 Å². The topological polar surface area (TPSA) is 86.2 Å². The molecule has 1 aliphatic rings. The van der Waals surface area contributed by atoms with Gasteiger partial charge in [-0.05, 0) is 19.1 Å².